The summed E-state index contributed by atoms with van der Waals surface area (Å²) in [7, 11) is 0. The smallest absolute Gasteiger partial charge is 0.0991 e. The van der Waals surface area contributed by atoms with Crippen LogP contribution in [0.15, 0.2) is 48.1 Å². The van der Waals surface area contributed by atoms with E-state index in [2.05, 4.69) is 12.6 Å². The lowest BCUT2D eigenvalue weighted by Gasteiger charge is -1.91. The Kier molecular flexibility index (Phi) is 2.46. The Morgan fingerprint density at radius 3 is 3.09 bits per heavy atom. The first-order chi connectivity index (χ1) is 5.36. The summed E-state index contributed by atoms with van der Waals surface area (Å²) < 4.78 is 0. The normalized spacial score (nSPS) is 15.9. The molecule has 0 saturated carbocycles. The van der Waals surface area contributed by atoms with E-state index in [9.17, 15) is 0 Å². The number of nitrogens with zero attached hydrogens (tertiary/aromatic N) is 1. The number of nitriles is 1. The second-order valence-corrected chi connectivity index (χ2v) is 2.29. The molecule has 0 amide bonds. The van der Waals surface area contributed by atoms with Crippen molar-refractivity contribution in [1.29, 1.82) is 5.26 Å². The van der Waals surface area contributed by atoms with Crippen LogP contribution in [0.1, 0.15) is 6.42 Å². The van der Waals surface area contributed by atoms with Crippen molar-refractivity contribution >= 4 is 0 Å². The molecule has 1 aliphatic rings. The lowest BCUT2D eigenvalue weighted by molar-refractivity contribution is 1.29. The molecule has 54 valence electrons. The van der Waals surface area contributed by atoms with Crippen molar-refractivity contribution in [2.75, 3.05) is 0 Å². The highest BCUT2D eigenvalue weighted by molar-refractivity contribution is 5.43. The summed E-state index contributed by atoms with van der Waals surface area (Å²) >= 11 is 0. The maximum absolute atomic E-state index is 8.60. The zero-order valence-corrected chi connectivity index (χ0v) is 6.25. The van der Waals surface area contributed by atoms with Crippen LogP contribution in [-0.2, 0) is 0 Å². The van der Waals surface area contributed by atoms with Gasteiger partial charge in [-0.2, -0.15) is 5.26 Å². The van der Waals surface area contributed by atoms with Gasteiger partial charge < -0.3 is 0 Å². The van der Waals surface area contributed by atoms with E-state index >= 15 is 0 Å². The van der Waals surface area contributed by atoms with Gasteiger partial charge in [0.15, 0.2) is 0 Å². The molecule has 0 unspecified atom stereocenters. The third-order valence-electron chi connectivity index (χ3n) is 1.50. The minimum Gasteiger partial charge on any atom is -0.192 e. The molecule has 0 aromatic carbocycles. The van der Waals surface area contributed by atoms with Crippen molar-refractivity contribution in [2.24, 2.45) is 0 Å². The van der Waals surface area contributed by atoms with Gasteiger partial charge in [-0.3, -0.25) is 0 Å². The molecule has 0 N–H and O–H groups in total. The van der Waals surface area contributed by atoms with Gasteiger partial charge in [0.1, 0.15) is 0 Å². The molecular formula is C10H9N. The molecule has 0 aliphatic heterocycles. The van der Waals surface area contributed by atoms with E-state index in [4.69, 9.17) is 5.26 Å². The van der Waals surface area contributed by atoms with Crippen LogP contribution >= 0.6 is 0 Å². The van der Waals surface area contributed by atoms with Gasteiger partial charge in [0, 0.05) is 0 Å². The van der Waals surface area contributed by atoms with Gasteiger partial charge in [0.05, 0.1) is 11.6 Å². The average molecular weight is 143 g/mol. The highest BCUT2D eigenvalue weighted by Crippen LogP contribution is 2.11. The Morgan fingerprint density at radius 2 is 2.45 bits per heavy atom. The molecule has 1 nitrogen and oxygen atoms in total. The average Bonchev–Trinajstić information content (AvgIpc) is 2.28. The largest absolute Gasteiger partial charge is 0.192 e. The van der Waals surface area contributed by atoms with Gasteiger partial charge in [-0.15, -0.1) is 0 Å². The lowest BCUT2D eigenvalue weighted by Crippen LogP contribution is -1.74. The van der Waals surface area contributed by atoms with Gasteiger partial charge in [0.2, 0.25) is 0 Å². The predicted octanol–water partition coefficient (Wildman–Crippen LogP) is 2.51. The first kappa shape index (κ1) is 7.56. The van der Waals surface area contributed by atoms with Crippen LogP contribution in [-0.4, -0.2) is 0 Å². The van der Waals surface area contributed by atoms with E-state index in [0.29, 0.717) is 5.57 Å². The molecule has 0 aromatic rings. The van der Waals surface area contributed by atoms with Crippen LogP contribution in [0.4, 0.5) is 0 Å². The highest BCUT2D eigenvalue weighted by Gasteiger charge is 1.95. The van der Waals surface area contributed by atoms with Gasteiger partial charge in [-0.1, -0.05) is 24.8 Å². The number of hydrogen-bond acceptors (Lipinski definition) is 1. The molecule has 1 rings (SSSR count). The molecule has 1 heteroatoms. The van der Waals surface area contributed by atoms with Crippen LogP contribution in [0.2, 0.25) is 0 Å². The quantitative estimate of drug-likeness (QED) is 0.553. The lowest BCUT2D eigenvalue weighted by atomic mass is 10.1. The van der Waals surface area contributed by atoms with Crippen molar-refractivity contribution in [3.05, 3.63) is 48.1 Å². The SMILES string of the molecule is C=CC1=CC(C#N)=CC=CC1. The Labute approximate surface area is 66.7 Å². The molecule has 0 fully saturated rings. The van der Waals surface area contributed by atoms with Crippen LogP contribution in [0, 0.1) is 11.3 Å². The maximum Gasteiger partial charge on any atom is 0.0991 e. The number of rotatable bonds is 1. The van der Waals surface area contributed by atoms with E-state index in [-0.39, 0.29) is 0 Å². The van der Waals surface area contributed by atoms with E-state index < -0.39 is 0 Å². The zero-order chi connectivity index (χ0) is 8.10. The molecule has 0 aromatic heterocycles. The highest BCUT2D eigenvalue weighted by atomic mass is 14.2. The third kappa shape index (κ3) is 1.94. The van der Waals surface area contributed by atoms with E-state index in [1.807, 2.05) is 18.2 Å². The Bertz CT molecular complexity index is 284. The van der Waals surface area contributed by atoms with Crippen LogP contribution in [0.3, 0.4) is 0 Å². The summed E-state index contributed by atoms with van der Waals surface area (Å²) in [6.07, 6.45) is 10.2. The number of hydrogen-bond donors (Lipinski definition) is 0. The van der Waals surface area contributed by atoms with Gasteiger partial charge in [-0.25, -0.2) is 0 Å². The van der Waals surface area contributed by atoms with Crippen LogP contribution < -0.4 is 0 Å². The summed E-state index contributed by atoms with van der Waals surface area (Å²) in [5, 5.41) is 8.60. The fourth-order valence-corrected chi connectivity index (χ4v) is 0.894. The van der Waals surface area contributed by atoms with Crippen LogP contribution in [0.5, 0.6) is 0 Å². The Balaban J connectivity index is 2.96. The molecule has 1 aliphatic carbocycles. The second-order valence-electron chi connectivity index (χ2n) is 2.29. The third-order valence-corrected chi connectivity index (χ3v) is 1.50. The van der Waals surface area contributed by atoms with Gasteiger partial charge in [0.25, 0.3) is 0 Å². The summed E-state index contributed by atoms with van der Waals surface area (Å²) in [6.45, 7) is 3.66. The monoisotopic (exact) mass is 143 g/mol. The predicted molar refractivity (Wildman–Crippen MR) is 45.7 cm³/mol. The van der Waals surface area contributed by atoms with Crippen LogP contribution in [0.25, 0.3) is 0 Å². The Morgan fingerprint density at radius 1 is 1.64 bits per heavy atom. The van der Waals surface area contributed by atoms with E-state index in [1.54, 1.807) is 12.2 Å². The summed E-state index contributed by atoms with van der Waals surface area (Å²) in [4.78, 5) is 0. The first-order valence-corrected chi connectivity index (χ1v) is 3.47. The minimum atomic E-state index is 0.689. The molecule has 0 radical (unpaired) electrons. The summed E-state index contributed by atoms with van der Waals surface area (Å²) in [6, 6.07) is 2.09. The van der Waals surface area contributed by atoms with E-state index in [0.717, 1.165) is 12.0 Å². The molecule has 11 heavy (non-hydrogen) atoms. The van der Waals surface area contributed by atoms with Gasteiger partial charge >= 0.3 is 0 Å². The molecule has 0 spiro atoms. The van der Waals surface area contributed by atoms with Gasteiger partial charge in [-0.05, 0) is 24.1 Å². The molecule has 0 saturated heterocycles. The molecule has 0 atom stereocenters. The molecule has 0 heterocycles. The van der Waals surface area contributed by atoms with Crippen molar-refractivity contribution in [2.45, 2.75) is 6.42 Å². The minimum absolute atomic E-state index is 0.689. The van der Waals surface area contributed by atoms with Crippen molar-refractivity contribution in [3.8, 4) is 6.07 Å². The Hall–Kier alpha value is -1.55. The topological polar surface area (TPSA) is 23.8 Å². The second kappa shape index (κ2) is 3.58. The zero-order valence-electron chi connectivity index (χ0n) is 6.25. The molecule has 0 bridgehead atoms. The van der Waals surface area contributed by atoms with E-state index in [1.165, 1.54) is 0 Å². The van der Waals surface area contributed by atoms with Crippen molar-refractivity contribution < 1.29 is 0 Å². The van der Waals surface area contributed by atoms with Crippen molar-refractivity contribution in [3.63, 3.8) is 0 Å². The maximum atomic E-state index is 8.60. The fraction of sp³-hybridized carbons (Fsp3) is 0.100. The standard InChI is InChI=1S/C10H9N/c1-2-9-5-3-4-6-10(7-9)8-11/h2-4,6-7H,1,5H2. The first-order valence-electron chi connectivity index (χ1n) is 3.47. The summed E-state index contributed by atoms with van der Waals surface area (Å²) in [5.41, 5.74) is 1.78. The van der Waals surface area contributed by atoms with Crippen molar-refractivity contribution in [1.82, 2.24) is 0 Å². The summed E-state index contributed by atoms with van der Waals surface area (Å²) in [5.74, 6) is 0. The number of allylic oxidation sites excluding steroid dienone is 7. The fourth-order valence-electron chi connectivity index (χ4n) is 0.894. The molecular weight excluding hydrogens is 134 g/mol.